The van der Waals surface area contributed by atoms with Gasteiger partial charge in [0, 0.05) is 24.0 Å². The molecule has 0 aromatic heterocycles. The summed E-state index contributed by atoms with van der Waals surface area (Å²) in [6.07, 6.45) is 6.42. The molecule has 240 valence electrons. The number of carbonyl (C=O) groups excluding carboxylic acids is 2. The highest BCUT2D eigenvalue weighted by Gasteiger charge is 2.17. The maximum atomic E-state index is 12.1. The first-order chi connectivity index (χ1) is 21.7. The molecular weight excluding hydrogens is 564 g/mol. The van der Waals surface area contributed by atoms with Gasteiger partial charge in [-0.1, -0.05) is 82.3 Å². The van der Waals surface area contributed by atoms with Crippen molar-refractivity contribution >= 4 is 11.9 Å². The largest absolute Gasteiger partial charge is 0.491 e. The molecule has 0 aliphatic heterocycles. The van der Waals surface area contributed by atoms with E-state index in [1.165, 1.54) is 36.0 Å². The molecule has 1 N–H and O–H groups in total. The van der Waals surface area contributed by atoms with Crippen molar-refractivity contribution in [2.75, 3.05) is 26.4 Å². The summed E-state index contributed by atoms with van der Waals surface area (Å²) in [6, 6.07) is 19.6. The molecule has 3 rings (SSSR count). The van der Waals surface area contributed by atoms with Crippen molar-refractivity contribution in [2.24, 2.45) is 0 Å². The Labute approximate surface area is 268 Å². The molecule has 0 atom stereocenters. The summed E-state index contributed by atoms with van der Waals surface area (Å²) in [6.45, 7) is 15.1. The lowest BCUT2D eigenvalue weighted by Crippen LogP contribution is -2.13. The number of rotatable bonds is 18. The van der Waals surface area contributed by atoms with E-state index < -0.39 is 11.9 Å². The molecule has 6 nitrogen and oxygen atoms in total. The van der Waals surface area contributed by atoms with Gasteiger partial charge in [0.1, 0.15) is 12.4 Å². The van der Waals surface area contributed by atoms with Crippen LogP contribution in [0.5, 0.6) is 5.75 Å². The number of ether oxygens (including phenoxy) is 3. The second-order valence-corrected chi connectivity index (χ2v) is 11.4. The van der Waals surface area contributed by atoms with E-state index in [-0.39, 0.29) is 26.4 Å². The molecule has 0 aliphatic carbocycles. The number of aliphatic hydroxyl groups is 1. The second kappa shape index (κ2) is 18.0. The number of unbranched alkanes of at least 4 members (excludes halogenated alkanes) is 2. The number of hydrogen-bond donors (Lipinski definition) is 1. The molecular formula is C39H48O6. The zero-order valence-electron chi connectivity index (χ0n) is 27.4. The number of aliphatic hydroxyl groups excluding tert-OH is 1. The smallest absolute Gasteiger partial charge is 0.333 e. The van der Waals surface area contributed by atoms with Crippen molar-refractivity contribution in [3.05, 3.63) is 101 Å². The maximum Gasteiger partial charge on any atom is 0.333 e. The van der Waals surface area contributed by atoms with Crippen LogP contribution in [0.4, 0.5) is 0 Å². The first-order valence-electron chi connectivity index (χ1n) is 16.0. The summed E-state index contributed by atoms with van der Waals surface area (Å²) in [5.74, 6) is -0.304. The van der Waals surface area contributed by atoms with Gasteiger partial charge in [0.05, 0.1) is 19.8 Å². The van der Waals surface area contributed by atoms with E-state index in [1.54, 1.807) is 13.8 Å². The minimum Gasteiger partial charge on any atom is -0.491 e. The Morgan fingerprint density at radius 3 is 1.76 bits per heavy atom. The normalized spacial score (nSPS) is 10.8. The number of esters is 2. The van der Waals surface area contributed by atoms with Gasteiger partial charge in [-0.05, 0) is 89.8 Å². The molecule has 3 aromatic rings. The Morgan fingerprint density at radius 1 is 0.689 bits per heavy atom. The monoisotopic (exact) mass is 612 g/mol. The minimum absolute atomic E-state index is 0.1000. The third-order valence-corrected chi connectivity index (χ3v) is 7.64. The van der Waals surface area contributed by atoms with Crippen LogP contribution in [0, 0.1) is 0 Å². The van der Waals surface area contributed by atoms with E-state index in [4.69, 9.17) is 14.2 Å². The van der Waals surface area contributed by atoms with Crippen molar-refractivity contribution in [3.8, 4) is 28.0 Å². The highest BCUT2D eigenvalue weighted by atomic mass is 16.5. The Kier molecular flexibility index (Phi) is 14.1. The number of aryl methyl sites for hydroxylation is 2. The highest BCUT2D eigenvalue weighted by Crippen LogP contribution is 2.36. The molecule has 0 radical (unpaired) electrons. The third kappa shape index (κ3) is 10.5. The molecule has 45 heavy (non-hydrogen) atoms. The predicted molar refractivity (Wildman–Crippen MR) is 181 cm³/mol. The van der Waals surface area contributed by atoms with Crippen LogP contribution in [-0.4, -0.2) is 43.5 Å². The van der Waals surface area contributed by atoms with Crippen molar-refractivity contribution in [1.82, 2.24) is 0 Å². The van der Waals surface area contributed by atoms with Crippen LogP contribution in [0.3, 0.4) is 0 Å². The molecule has 0 bridgehead atoms. The van der Waals surface area contributed by atoms with E-state index in [2.05, 4.69) is 81.6 Å². The number of benzene rings is 3. The average molecular weight is 613 g/mol. The van der Waals surface area contributed by atoms with Crippen molar-refractivity contribution in [3.63, 3.8) is 0 Å². The van der Waals surface area contributed by atoms with Gasteiger partial charge in [0.2, 0.25) is 0 Å². The summed E-state index contributed by atoms with van der Waals surface area (Å²) in [7, 11) is 0. The maximum absolute atomic E-state index is 12.1. The molecule has 6 heteroatoms. The molecule has 0 heterocycles. The molecule has 0 unspecified atom stereocenters. The second-order valence-electron chi connectivity index (χ2n) is 11.4. The van der Waals surface area contributed by atoms with E-state index >= 15 is 0 Å². The van der Waals surface area contributed by atoms with Crippen LogP contribution in [-0.2, 0) is 44.7 Å². The number of hydrogen-bond acceptors (Lipinski definition) is 6. The Morgan fingerprint density at radius 2 is 1.24 bits per heavy atom. The Hall–Kier alpha value is -4.16. The van der Waals surface area contributed by atoms with Crippen LogP contribution in [0.1, 0.15) is 69.2 Å². The summed E-state index contributed by atoms with van der Waals surface area (Å²) in [5.41, 5.74) is 9.33. The molecule has 0 saturated heterocycles. The van der Waals surface area contributed by atoms with Crippen LogP contribution >= 0.6 is 0 Å². The van der Waals surface area contributed by atoms with Gasteiger partial charge < -0.3 is 19.3 Å². The standard InChI is InChI=1S/C39H48O6/c1-7-9-10-11-29-12-14-31(15-13-29)32-16-17-36(30(8-2)24-32)35-25-33(18-21-44-38(41)27(3)4)37(43-23-20-40)34(26-35)19-22-45-39(42)28(5)6/h12-17,24-26,40H,3,5,7-11,18-23H2,1-2,4,6H3. The molecule has 0 aliphatic rings. The van der Waals surface area contributed by atoms with Crippen LogP contribution < -0.4 is 4.74 Å². The highest BCUT2D eigenvalue weighted by molar-refractivity contribution is 5.87. The molecule has 0 amide bonds. The van der Waals surface area contributed by atoms with Crippen molar-refractivity contribution < 1.29 is 28.9 Å². The fourth-order valence-electron chi connectivity index (χ4n) is 5.16. The lowest BCUT2D eigenvalue weighted by molar-refractivity contribution is -0.139. The lowest BCUT2D eigenvalue weighted by Gasteiger charge is -2.20. The van der Waals surface area contributed by atoms with Crippen LogP contribution in [0.2, 0.25) is 0 Å². The summed E-state index contributed by atoms with van der Waals surface area (Å²) < 4.78 is 16.9. The van der Waals surface area contributed by atoms with Gasteiger partial charge in [-0.2, -0.15) is 0 Å². The number of carbonyl (C=O) groups is 2. The Bertz CT molecular complexity index is 1410. The van der Waals surface area contributed by atoms with Gasteiger partial charge in [-0.3, -0.25) is 0 Å². The molecule has 0 saturated carbocycles. The molecule has 3 aromatic carbocycles. The van der Waals surface area contributed by atoms with Gasteiger partial charge in [-0.15, -0.1) is 0 Å². The molecule has 0 spiro atoms. The zero-order chi connectivity index (χ0) is 32.8. The van der Waals surface area contributed by atoms with Gasteiger partial charge in [0.25, 0.3) is 0 Å². The van der Waals surface area contributed by atoms with Crippen LogP contribution in [0.15, 0.2) is 78.9 Å². The van der Waals surface area contributed by atoms with Gasteiger partial charge >= 0.3 is 11.9 Å². The van der Waals surface area contributed by atoms with E-state index in [0.717, 1.165) is 40.7 Å². The predicted octanol–water partition coefficient (Wildman–Crippen LogP) is 8.01. The van der Waals surface area contributed by atoms with E-state index in [1.807, 2.05) is 0 Å². The van der Waals surface area contributed by atoms with E-state index in [0.29, 0.717) is 29.7 Å². The summed E-state index contributed by atoms with van der Waals surface area (Å²) in [5, 5.41) is 9.53. The van der Waals surface area contributed by atoms with E-state index in [9.17, 15) is 14.7 Å². The first kappa shape index (κ1) is 35.3. The minimum atomic E-state index is -0.450. The quantitative estimate of drug-likeness (QED) is 0.0890. The summed E-state index contributed by atoms with van der Waals surface area (Å²) >= 11 is 0. The summed E-state index contributed by atoms with van der Waals surface area (Å²) in [4.78, 5) is 24.1. The topological polar surface area (TPSA) is 82.1 Å². The fraction of sp³-hybridized carbons (Fsp3) is 0.385. The Balaban J connectivity index is 2.00. The van der Waals surface area contributed by atoms with Crippen LogP contribution in [0.25, 0.3) is 22.3 Å². The van der Waals surface area contributed by atoms with Gasteiger partial charge in [0.15, 0.2) is 0 Å². The third-order valence-electron chi connectivity index (χ3n) is 7.64. The molecule has 0 fully saturated rings. The van der Waals surface area contributed by atoms with Crippen molar-refractivity contribution in [1.29, 1.82) is 0 Å². The fourth-order valence-corrected chi connectivity index (χ4v) is 5.16. The zero-order valence-corrected chi connectivity index (χ0v) is 27.4. The lowest BCUT2D eigenvalue weighted by atomic mass is 9.90. The van der Waals surface area contributed by atoms with Gasteiger partial charge in [-0.25, -0.2) is 9.59 Å². The average Bonchev–Trinajstić information content (AvgIpc) is 3.04. The van der Waals surface area contributed by atoms with Crippen molar-refractivity contribution in [2.45, 2.75) is 72.6 Å². The SMILES string of the molecule is C=C(C)C(=O)OCCc1cc(-c2ccc(-c3ccc(CCCCC)cc3)cc2CC)cc(CCOC(=O)C(=C)C)c1OCCO. The first-order valence-corrected chi connectivity index (χ1v) is 16.0.